The summed E-state index contributed by atoms with van der Waals surface area (Å²) in [6.45, 7) is 2.30. The molecule has 35 heavy (non-hydrogen) atoms. The fourth-order valence-electron chi connectivity index (χ4n) is 5.68. The Bertz CT molecular complexity index is 928. The monoisotopic (exact) mass is 479 g/mol. The van der Waals surface area contributed by atoms with Crippen LogP contribution >= 0.6 is 0 Å². The van der Waals surface area contributed by atoms with Crippen molar-refractivity contribution in [2.24, 2.45) is 11.8 Å². The molecule has 1 aliphatic heterocycles. The van der Waals surface area contributed by atoms with Crippen molar-refractivity contribution in [2.45, 2.75) is 83.3 Å². The molecule has 2 fully saturated rings. The molecule has 1 saturated carbocycles. The number of carbonyl (C=O) groups is 4. The topological polar surface area (TPSA) is 86.8 Å². The molecule has 4 rings (SSSR count). The number of amides is 4. The normalized spacial score (nSPS) is 23.2. The van der Waals surface area contributed by atoms with Gasteiger partial charge in [-0.1, -0.05) is 68.7 Å². The second-order valence-electron chi connectivity index (χ2n) is 10.0. The Morgan fingerprint density at radius 3 is 2.23 bits per heavy atom. The fourth-order valence-corrected chi connectivity index (χ4v) is 5.68. The van der Waals surface area contributed by atoms with Crippen molar-refractivity contribution >= 4 is 23.6 Å². The van der Waals surface area contributed by atoms with Crippen LogP contribution in [0, 0.1) is 11.8 Å². The zero-order chi connectivity index (χ0) is 24.8. The molecule has 3 atom stereocenters. The van der Waals surface area contributed by atoms with Gasteiger partial charge in [-0.15, -0.1) is 0 Å². The van der Waals surface area contributed by atoms with Crippen LogP contribution in [0.4, 0.5) is 0 Å². The van der Waals surface area contributed by atoms with Crippen molar-refractivity contribution in [3.63, 3.8) is 0 Å². The van der Waals surface area contributed by atoms with Gasteiger partial charge in [-0.05, 0) is 37.7 Å². The van der Waals surface area contributed by atoms with E-state index in [4.69, 9.17) is 0 Å². The molecule has 188 valence electrons. The molecule has 0 unspecified atom stereocenters. The SMILES string of the molecule is CC[C@H](C(=O)NC1CCCCC1)N(Cc1ccccc1)C(=O)CCN1C(=O)[C@H]2CC=CC[C@H]2C1=O. The molecule has 0 bridgehead atoms. The van der Waals surface area contributed by atoms with Crippen LogP contribution in [0.1, 0.15) is 70.3 Å². The van der Waals surface area contributed by atoms with Crippen LogP contribution in [-0.2, 0) is 25.7 Å². The summed E-state index contributed by atoms with van der Waals surface area (Å²) in [7, 11) is 0. The molecule has 7 heteroatoms. The van der Waals surface area contributed by atoms with E-state index in [1.165, 1.54) is 11.3 Å². The van der Waals surface area contributed by atoms with Gasteiger partial charge < -0.3 is 10.2 Å². The predicted octanol–water partition coefficient (Wildman–Crippen LogP) is 3.58. The maximum Gasteiger partial charge on any atom is 0.243 e. The standard InChI is InChI=1S/C28H37N3O4/c1-2-24(26(33)29-21-13-7-4-8-14-21)31(19-20-11-5-3-6-12-20)25(32)17-18-30-27(34)22-15-9-10-16-23(22)28(30)35/h3,5-6,9-12,21-24H,2,4,7-8,13-19H2,1H3,(H,29,33)/t22-,23+,24-/m1/s1. The van der Waals surface area contributed by atoms with E-state index >= 15 is 0 Å². The first-order valence-corrected chi connectivity index (χ1v) is 13.1. The first kappa shape index (κ1) is 25.1. The lowest BCUT2D eigenvalue weighted by Gasteiger charge is -2.33. The summed E-state index contributed by atoms with van der Waals surface area (Å²) in [6.07, 6.45) is 11.0. The van der Waals surface area contributed by atoms with Crippen LogP contribution in [-0.4, -0.2) is 52.1 Å². The van der Waals surface area contributed by atoms with Gasteiger partial charge in [0.2, 0.25) is 23.6 Å². The van der Waals surface area contributed by atoms with Gasteiger partial charge in [0.05, 0.1) is 11.8 Å². The van der Waals surface area contributed by atoms with E-state index < -0.39 is 6.04 Å². The third kappa shape index (κ3) is 5.82. The third-order valence-corrected chi connectivity index (χ3v) is 7.68. The van der Waals surface area contributed by atoms with Crippen LogP contribution in [0.5, 0.6) is 0 Å². The molecule has 1 aromatic rings. The van der Waals surface area contributed by atoms with E-state index in [1.54, 1.807) is 4.90 Å². The van der Waals surface area contributed by atoms with Crippen molar-refractivity contribution in [3.05, 3.63) is 48.0 Å². The van der Waals surface area contributed by atoms with Crippen molar-refractivity contribution < 1.29 is 19.2 Å². The number of rotatable bonds is 9. The molecule has 4 amide bonds. The summed E-state index contributed by atoms with van der Waals surface area (Å²) in [5.74, 6) is -1.27. The highest BCUT2D eigenvalue weighted by Crippen LogP contribution is 2.35. The molecule has 1 heterocycles. The molecule has 0 aromatic heterocycles. The van der Waals surface area contributed by atoms with E-state index in [2.05, 4.69) is 5.32 Å². The molecule has 0 radical (unpaired) electrons. The number of nitrogens with one attached hydrogen (secondary N) is 1. The molecule has 0 spiro atoms. The summed E-state index contributed by atoms with van der Waals surface area (Å²) in [6, 6.07) is 9.20. The molecule has 1 saturated heterocycles. The van der Waals surface area contributed by atoms with E-state index in [9.17, 15) is 19.2 Å². The number of allylic oxidation sites excluding steroid dienone is 2. The highest BCUT2D eigenvalue weighted by atomic mass is 16.2. The lowest BCUT2D eigenvalue weighted by atomic mass is 9.85. The van der Waals surface area contributed by atoms with Crippen molar-refractivity contribution in [3.8, 4) is 0 Å². The Morgan fingerprint density at radius 1 is 1.00 bits per heavy atom. The first-order chi connectivity index (χ1) is 17.0. The lowest BCUT2D eigenvalue weighted by molar-refractivity contribution is -0.144. The van der Waals surface area contributed by atoms with Crippen LogP contribution in [0.2, 0.25) is 0 Å². The Labute approximate surface area is 207 Å². The molecular weight excluding hydrogens is 442 g/mol. The minimum Gasteiger partial charge on any atom is -0.352 e. The van der Waals surface area contributed by atoms with E-state index in [1.807, 2.05) is 49.4 Å². The number of benzene rings is 1. The quantitative estimate of drug-likeness (QED) is 0.433. The molecule has 1 N–H and O–H groups in total. The van der Waals surface area contributed by atoms with Gasteiger partial charge in [0.25, 0.3) is 0 Å². The molecule has 3 aliphatic rings. The molecular formula is C28H37N3O4. The minimum absolute atomic E-state index is 0.0182. The van der Waals surface area contributed by atoms with Crippen LogP contribution in [0.25, 0.3) is 0 Å². The largest absolute Gasteiger partial charge is 0.352 e. The number of nitrogens with zero attached hydrogens (tertiary/aromatic N) is 2. The van der Waals surface area contributed by atoms with Crippen LogP contribution < -0.4 is 5.32 Å². The van der Waals surface area contributed by atoms with Gasteiger partial charge in [0.15, 0.2) is 0 Å². The second-order valence-corrected chi connectivity index (χ2v) is 10.0. The summed E-state index contributed by atoms with van der Waals surface area (Å²) in [5, 5.41) is 3.18. The van der Waals surface area contributed by atoms with Crippen LogP contribution in [0.3, 0.4) is 0 Å². The van der Waals surface area contributed by atoms with E-state index in [0.717, 1.165) is 31.2 Å². The maximum atomic E-state index is 13.5. The molecule has 1 aromatic carbocycles. The second kappa shape index (κ2) is 11.6. The van der Waals surface area contributed by atoms with Gasteiger partial charge in [-0.3, -0.25) is 24.1 Å². The van der Waals surface area contributed by atoms with Gasteiger partial charge >= 0.3 is 0 Å². The minimum atomic E-state index is -0.596. The van der Waals surface area contributed by atoms with Crippen LogP contribution in [0.15, 0.2) is 42.5 Å². The summed E-state index contributed by atoms with van der Waals surface area (Å²) in [4.78, 5) is 55.3. The highest BCUT2D eigenvalue weighted by molar-refractivity contribution is 6.05. The number of imide groups is 1. The predicted molar refractivity (Wildman–Crippen MR) is 133 cm³/mol. The highest BCUT2D eigenvalue weighted by Gasteiger charge is 2.47. The van der Waals surface area contributed by atoms with Gasteiger partial charge in [-0.2, -0.15) is 0 Å². The third-order valence-electron chi connectivity index (χ3n) is 7.68. The summed E-state index contributed by atoms with van der Waals surface area (Å²) < 4.78 is 0. The van der Waals surface area contributed by atoms with Gasteiger partial charge in [0, 0.05) is 25.6 Å². The van der Waals surface area contributed by atoms with Gasteiger partial charge in [-0.25, -0.2) is 0 Å². The average Bonchev–Trinajstić information content (AvgIpc) is 3.13. The summed E-state index contributed by atoms with van der Waals surface area (Å²) >= 11 is 0. The fraction of sp³-hybridized carbons (Fsp3) is 0.571. The maximum absolute atomic E-state index is 13.5. The smallest absolute Gasteiger partial charge is 0.243 e. The van der Waals surface area contributed by atoms with E-state index in [0.29, 0.717) is 25.8 Å². The van der Waals surface area contributed by atoms with Gasteiger partial charge in [0.1, 0.15) is 6.04 Å². The number of carbonyl (C=O) groups excluding carboxylic acids is 4. The van der Waals surface area contributed by atoms with Crippen molar-refractivity contribution in [2.75, 3.05) is 6.54 Å². The lowest BCUT2D eigenvalue weighted by Crippen LogP contribution is -2.52. The first-order valence-electron chi connectivity index (χ1n) is 13.1. The van der Waals surface area contributed by atoms with Crippen molar-refractivity contribution in [1.82, 2.24) is 15.1 Å². The van der Waals surface area contributed by atoms with E-state index in [-0.39, 0.29) is 54.5 Å². The number of likely N-dealkylation sites (tertiary alicyclic amines) is 1. The molecule has 2 aliphatic carbocycles. The molecule has 7 nitrogen and oxygen atoms in total. The zero-order valence-electron chi connectivity index (χ0n) is 20.7. The Kier molecular flexibility index (Phi) is 8.37. The number of hydrogen-bond donors (Lipinski definition) is 1. The number of fused-ring (bicyclic) bond motifs is 1. The summed E-state index contributed by atoms with van der Waals surface area (Å²) in [5.41, 5.74) is 0.940. The Hall–Kier alpha value is -2.96. The zero-order valence-corrected chi connectivity index (χ0v) is 20.7. The Morgan fingerprint density at radius 2 is 1.63 bits per heavy atom. The Balaban J connectivity index is 1.46. The average molecular weight is 480 g/mol. The van der Waals surface area contributed by atoms with Crippen molar-refractivity contribution in [1.29, 1.82) is 0 Å². The number of hydrogen-bond acceptors (Lipinski definition) is 4.